The van der Waals surface area contributed by atoms with Gasteiger partial charge in [-0.15, -0.1) is 0 Å². The van der Waals surface area contributed by atoms with Crippen LogP contribution >= 0.6 is 0 Å². The Balaban J connectivity index is 1.93. The van der Waals surface area contributed by atoms with Crippen molar-refractivity contribution < 1.29 is 9.84 Å². The second-order valence-corrected chi connectivity index (χ2v) is 5.49. The third-order valence-corrected chi connectivity index (χ3v) is 3.70. The maximum absolute atomic E-state index is 10.6. The van der Waals surface area contributed by atoms with Gasteiger partial charge in [-0.3, -0.25) is 4.90 Å². The van der Waals surface area contributed by atoms with Crippen molar-refractivity contribution in [3.63, 3.8) is 0 Å². The molecule has 100 valence electrons. The Labute approximate surface area is 109 Å². The first-order chi connectivity index (χ1) is 8.62. The highest BCUT2D eigenvalue weighted by atomic mass is 16.5. The molecular weight excluding hydrogens is 226 g/mol. The van der Waals surface area contributed by atoms with Crippen molar-refractivity contribution in [1.29, 1.82) is 0 Å². The third kappa shape index (κ3) is 3.31. The van der Waals surface area contributed by atoms with Crippen LogP contribution in [0.2, 0.25) is 0 Å². The molecule has 0 aliphatic carbocycles. The van der Waals surface area contributed by atoms with E-state index in [1.807, 2.05) is 37.3 Å². The molecule has 1 aromatic rings. The molecule has 1 aliphatic rings. The fraction of sp³-hybridized carbons (Fsp3) is 0.600. The van der Waals surface area contributed by atoms with E-state index in [0.717, 1.165) is 25.3 Å². The van der Waals surface area contributed by atoms with E-state index in [1.165, 1.54) is 6.42 Å². The lowest BCUT2D eigenvalue weighted by Gasteiger charge is -2.29. The molecule has 1 N–H and O–H groups in total. The Hall–Kier alpha value is -0.900. The second kappa shape index (κ2) is 5.83. The molecule has 0 bridgehead atoms. The van der Waals surface area contributed by atoms with E-state index in [9.17, 15) is 5.11 Å². The minimum atomic E-state index is -0.775. The number of nitrogens with zero attached hydrogens (tertiary/aromatic N) is 1. The van der Waals surface area contributed by atoms with E-state index < -0.39 is 5.60 Å². The predicted octanol–water partition coefficient (Wildman–Crippen LogP) is 1.86. The number of rotatable bonds is 5. The van der Waals surface area contributed by atoms with Gasteiger partial charge in [0.1, 0.15) is 0 Å². The van der Waals surface area contributed by atoms with Gasteiger partial charge in [-0.05, 0) is 31.4 Å². The highest BCUT2D eigenvalue weighted by Crippen LogP contribution is 2.25. The summed E-state index contributed by atoms with van der Waals surface area (Å²) in [6.45, 7) is 5.49. The minimum absolute atomic E-state index is 0.613. The maximum Gasteiger partial charge on any atom is 0.0994 e. The molecule has 1 heterocycles. The molecule has 3 nitrogen and oxygen atoms in total. The van der Waals surface area contributed by atoms with E-state index in [1.54, 1.807) is 7.11 Å². The lowest BCUT2D eigenvalue weighted by Crippen LogP contribution is -2.37. The number of benzene rings is 1. The van der Waals surface area contributed by atoms with Crippen LogP contribution in [0.4, 0.5) is 0 Å². The molecule has 3 heteroatoms. The third-order valence-electron chi connectivity index (χ3n) is 3.70. The SMILES string of the molecule is COCC1CCN(CC(C)(O)c2ccccc2)C1. The summed E-state index contributed by atoms with van der Waals surface area (Å²) in [5.74, 6) is 0.613. The van der Waals surface area contributed by atoms with Gasteiger partial charge >= 0.3 is 0 Å². The smallest absolute Gasteiger partial charge is 0.0994 e. The zero-order valence-electron chi connectivity index (χ0n) is 11.3. The van der Waals surface area contributed by atoms with Crippen LogP contribution in [-0.4, -0.2) is 43.4 Å². The molecule has 1 aromatic carbocycles. The van der Waals surface area contributed by atoms with E-state index >= 15 is 0 Å². The Morgan fingerprint density at radius 3 is 2.78 bits per heavy atom. The average molecular weight is 249 g/mol. The Morgan fingerprint density at radius 1 is 1.39 bits per heavy atom. The molecule has 0 spiro atoms. The average Bonchev–Trinajstić information content (AvgIpc) is 2.77. The zero-order chi connectivity index (χ0) is 13.0. The maximum atomic E-state index is 10.6. The summed E-state index contributed by atoms with van der Waals surface area (Å²) in [6, 6.07) is 9.90. The van der Waals surface area contributed by atoms with Gasteiger partial charge in [-0.1, -0.05) is 30.3 Å². The topological polar surface area (TPSA) is 32.7 Å². The summed E-state index contributed by atoms with van der Waals surface area (Å²) in [5.41, 5.74) is 0.212. The van der Waals surface area contributed by atoms with Gasteiger partial charge in [0.2, 0.25) is 0 Å². The summed E-state index contributed by atoms with van der Waals surface area (Å²) in [6.07, 6.45) is 1.17. The number of hydrogen-bond acceptors (Lipinski definition) is 3. The minimum Gasteiger partial charge on any atom is -0.384 e. The van der Waals surface area contributed by atoms with Gasteiger partial charge in [0, 0.05) is 20.2 Å². The monoisotopic (exact) mass is 249 g/mol. The molecule has 0 aromatic heterocycles. The van der Waals surface area contributed by atoms with Crippen molar-refractivity contribution >= 4 is 0 Å². The molecule has 1 saturated heterocycles. The summed E-state index contributed by atoms with van der Waals surface area (Å²) in [7, 11) is 1.75. The van der Waals surface area contributed by atoms with Crippen LogP contribution in [0.15, 0.2) is 30.3 Å². The Morgan fingerprint density at radius 2 is 2.11 bits per heavy atom. The predicted molar refractivity (Wildman–Crippen MR) is 72.4 cm³/mol. The largest absolute Gasteiger partial charge is 0.384 e. The molecule has 0 amide bonds. The van der Waals surface area contributed by atoms with Crippen LogP contribution < -0.4 is 0 Å². The lowest BCUT2D eigenvalue weighted by molar-refractivity contribution is 0.0205. The van der Waals surface area contributed by atoms with Crippen LogP contribution in [0, 0.1) is 5.92 Å². The summed E-state index contributed by atoms with van der Waals surface area (Å²) >= 11 is 0. The number of β-amino-alcohol motifs (C(OH)–C–C–N with tert-alkyl or cyclic N) is 1. The first kappa shape index (κ1) is 13.5. The fourth-order valence-electron chi connectivity index (χ4n) is 2.75. The van der Waals surface area contributed by atoms with Gasteiger partial charge < -0.3 is 9.84 Å². The molecule has 0 saturated carbocycles. The van der Waals surface area contributed by atoms with Crippen LogP contribution in [-0.2, 0) is 10.3 Å². The highest BCUT2D eigenvalue weighted by Gasteiger charge is 2.30. The molecule has 2 atom stereocenters. The highest BCUT2D eigenvalue weighted by molar-refractivity contribution is 5.21. The molecular formula is C15H23NO2. The standard InChI is InChI=1S/C15H23NO2/c1-15(17,14-6-4-3-5-7-14)12-16-9-8-13(10-16)11-18-2/h3-7,13,17H,8-12H2,1-2H3. The fourth-order valence-corrected chi connectivity index (χ4v) is 2.75. The van der Waals surface area contributed by atoms with Gasteiger partial charge in [0.15, 0.2) is 0 Å². The Kier molecular flexibility index (Phi) is 4.38. The molecule has 18 heavy (non-hydrogen) atoms. The van der Waals surface area contributed by atoms with Gasteiger partial charge in [0.25, 0.3) is 0 Å². The van der Waals surface area contributed by atoms with Gasteiger partial charge in [0.05, 0.1) is 12.2 Å². The normalized spacial score (nSPS) is 24.1. The number of hydrogen-bond donors (Lipinski definition) is 1. The molecule has 1 aliphatic heterocycles. The number of aliphatic hydroxyl groups is 1. The Bertz CT molecular complexity index is 364. The van der Waals surface area contributed by atoms with Crippen molar-refractivity contribution in [3.05, 3.63) is 35.9 Å². The van der Waals surface area contributed by atoms with Crippen LogP contribution in [0.5, 0.6) is 0 Å². The summed E-state index contributed by atoms with van der Waals surface area (Å²) < 4.78 is 5.20. The van der Waals surface area contributed by atoms with Crippen molar-refractivity contribution in [1.82, 2.24) is 4.90 Å². The van der Waals surface area contributed by atoms with Gasteiger partial charge in [-0.25, -0.2) is 0 Å². The molecule has 0 radical (unpaired) electrons. The molecule has 2 unspecified atom stereocenters. The molecule has 1 fully saturated rings. The number of likely N-dealkylation sites (tertiary alicyclic amines) is 1. The first-order valence-corrected chi connectivity index (χ1v) is 6.61. The first-order valence-electron chi connectivity index (χ1n) is 6.61. The van der Waals surface area contributed by atoms with E-state index in [-0.39, 0.29) is 0 Å². The van der Waals surface area contributed by atoms with Crippen molar-refractivity contribution in [2.45, 2.75) is 18.9 Å². The van der Waals surface area contributed by atoms with E-state index in [0.29, 0.717) is 12.5 Å². The van der Waals surface area contributed by atoms with Crippen molar-refractivity contribution in [3.8, 4) is 0 Å². The lowest BCUT2D eigenvalue weighted by atomic mass is 9.95. The quantitative estimate of drug-likeness (QED) is 0.864. The number of methoxy groups -OCH3 is 1. The summed E-state index contributed by atoms with van der Waals surface area (Å²) in [4.78, 5) is 2.33. The zero-order valence-corrected chi connectivity index (χ0v) is 11.3. The van der Waals surface area contributed by atoms with Crippen LogP contribution in [0.1, 0.15) is 18.9 Å². The van der Waals surface area contributed by atoms with Crippen molar-refractivity contribution in [2.24, 2.45) is 5.92 Å². The molecule has 2 rings (SSSR count). The van der Waals surface area contributed by atoms with Crippen LogP contribution in [0.25, 0.3) is 0 Å². The van der Waals surface area contributed by atoms with E-state index in [2.05, 4.69) is 4.90 Å². The number of ether oxygens (including phenoxy) is 1. The second-order valence-electron chi connectivity index (χ2n) is 5.49. The summed E-state index contributed by atoms with van der Waals surface area (Å²) in [5, 5.41) is 10.6. The van der Waals surface area contributed by atoms with Crippen molar-refractivity contribution in [2.75, 3.05) is 33.4 Å². The van der Waals surface area contributed by atoms with Gasteiger partial charge in [-0.2, -0.15) is 0 Å². The van der Waals surface area contributed by atoms with E-state index in [4.69, 9.17) is 4.74 Å². The van der Waals surface area contributed by atoms with Crippen LogP contribution in [0.3, 0.4) is 0 Å².